The van der Waals surface area contributed by atoms with Crippen molar-refractivity contribution in [1.82, 2.24) is 9.55 Å². The molecule has 0 bridgehead atoms. The molecule has 0 aliphatic heterocycles. The largest absolute Gasteiger partial charge is 0.477 e. The highest BCUT2D eigenvalue weighted by molar-refractivity contribution is 7.20. The summed E-state index contributed by atoms with van der Waals surface area (Å²) >= 11 is 1.02. The highest BCUT2D eigenvalue weighted by Gasteiger charge is 2.21. The summed E-state index contributed by atoms with van der Waals surface area (Å²) in [4.78, 5) is 30.2. The molecule has 1 N–H and O–H groups in total. The molecule has 148 valence electrons. The number of carbonyl (C=O) groups is 1. The van der Waals surface area contributed by atoms with E-state index in [4.69, 9.17) is 0 Å². The molecular formula is C23H17N3O3S. The molecule has 2 aromatic heterocycles. The van der Waals surface area contributed by atoms with E-state index < -0.39 is 5.97 Å². The number of carboxylic acids is 1. The lowest BCUT2D eigenvalue weighted by Gasteiger charge is -2.13. The summed E-state index contributed by atoms with van der Waals surface area (Å²) in [6.45, 7) is 1.89. The average Bonchev–Trinajstić information content (AvgIpc) is 3.08. The Bertz CT molecular complexity index is 1360. The maximum atomic E-state index is 13.4. The molecule has 0 unspecified atom stereocenters. The number of benzene rings is 2. The van der Waals surface area contributed by atoms with Gasteiger partial charge in [-0.15, -0.1) is 11.3 Å². The first kappa shape index (κ1) is 19.6. The predicted molar refractivity (Wildman–Crippen MR) is 115 cm³/mol. The lowest BCUT2D eigenvalue weighted by molar-refractivity contribution is 0.0701. The molecular weight excluding hydrogens is 398 g/mol. The normalized spacial score (nSPS) is 10.8. The molecule has 0 spiro atoms. The van der Waals surface area contributed by atoms with Gasteiger partial charge in [-0.3, -0.25) is 9.36 Å². The van der Waals surface area contributed by atoms with Gasteiger partial charge in [-0.25, -0.2) is 9.78 Å². The van der Waals surface area contributed by atoms with Gasteiger partial charge in [0.1, 0.15) is 15.5 Å². The standard InChI is InChI=1S/C23H17N3O3S/c1-14-19-21(30-20(14)23(28)29)25-18(11-15-6-3-2-4-7-15)26(22(19)27)13-17-9-5-8-16(10-17)12-24/h2-10H,11,13H2,1H3,(H,28,29). The number of rotatable bonds is 5. The number of nitriles is 1. The molecule has 4 rings (SSSR count). The van der Waals surface area contributed by atoms with Gasteiger partial charge in [-0.05, 0) is 35.7 Å². The van der Waals surface area contributed by atoms with Crippen LogP contribution in [0.15, 0.2) is 59.4 Å². The summed E-state index contributed by atoms with van der Waals surface area (Å²) in [5, 5.41) is 19.0. The van der Waals surface area contributed by atoms with Gasteiger partial charge in [0.2, 0.25) is 0 Å². The van der Waals surface area contributed by atoms with Crippen molar-refractivity contribution in [3.63, 3.8) is 0 Å². The van der Waals surface area contributed by atoms with E-state index in [2.05, 4.69) is 11.1 Å². The third-order valence-corrected chi connectivity index (χ3v) is 6.10. The summed E-state index contributed by atoms with van der Waals surface area (Å²) in [5.74, 6) is -0.507. The Hall–Kier alpha value is -3.76. The van der Waals surface area contributed by atoms with Crippen LogP contribution in [0.1, 0.15) is 37.7 Å². The van der Waals surface area contributed by atoms with Crippen molar-refractivity contribution >= 4 is 27.5 Å². The van der Waals surface area contributed by atoms with Gasteiger partial charge in [-0.2, -0.15) is 5.26 Å². The summed E-state index contributed by atoms with van der Waals surface area (Å²) in [6.07, 6.45) is 0.434. The number of fused-ring (bicyclic) bond motifs is 1. The first-order valence-electron chi connectivity index (χ1n) is 9.27. The minimum absolute atomic E-state index is 0.129. The Morgan fingerprint density at radius 1 is 1.17 bits per heavy atom. The number of thiophene rings is 1. The van der Waals surface area contributed by atoms with E-state index in [0.29, 0.717) is 33.6 Å². The van der Waals surface area contributed by atoms with E-state index in [9.17, 15) is 20.0 Å². The predicted octanol–water partition coefficient (Wildman–Crippen LogP) is 3.98. The Morgan fingerprint density at radius 3 is 2.60 bits per heavy atom. The Kier molecular flexibility index (Phi) is 5.17. The first-order valence-corrected chi connectivity index (χ1v) is 10.1. The topological polar surface area (TPSA) is 96.0 Å². The summed E-state index contributed by atoms with van der Waals surface area (Å²) in [7, 11) is 0. The van der Waals surface area contributed by atoms with Crippen molar-refractivity contribution in [2.75, 3.05) is 0 Å². The van der Waals surface area contributed by atoms with Crippen molar-refractivity contribution in [3.8, 4) is 6.07 Å². The lowest BCUT2D eigenvalue weighted by atomic mass is 10.1. The Labute approximate surface area is 176 Å². The van der Waals surface area contributed by atoms with E-state index in [1.807, 2.05) is 36.4 Å². The number of carboxylic acid groups (broad SMARTS) is 1. The van der Waals surface area contributed by atoms with Crippen molar-refractivity contribution < 1.29 is 9.90 Å². The third-order valence-electron chi connectivity index (χ3n) is 4.93. The zero-order valence-electron chi connectivity index (χ0n) is 16.1. The third kappa shape index (κ3) is 3.61. The van der Waals surface area contributed by atoms with Crippen LogP contribution >= 0.6 is 11.3 Å². The highest BCUT2D eigenvalue weighted by Crippen LogP contribution is 2.28. The van der Waals surface area contributed by atoms with Gasteiger partial charge < -0.3 is 5.11 Å². The Morgan fingerprint density at radius 2 is 1.90 bits per heavy atom. The molecule has 7 heteroatoms. The molecule has 0 radical (unpaired) electrons. The molecule has 0 atom stereocenters. The van der Waals surface area contributed by atoms with Crippen LogP contribution in [-0.4, -0.2) is 20.6 Å². The fourth-order valence-electron chi connectivity index (χ4n) is 3.46. The zero-order valence-corrected chi connectivity index (χ0v) is 16.9. The fraction of sp³-hybridized carbons (Fsp3) is 0.130. The minimum atomic E-state index is -1.06. The molecule has 0 saturated carbocycles. The van der Waals surface area contributed by atoms with Gasteiger partial charge in [-0.1, -0.05) is 42.5 Å². The molecule has 30 heavy (non-hydrogen) atoms. The van der Waals surface area contributed by atoms with Crippen molar-refractivity contribution in [3.05, 3.63) is 97.9 Å². The minimum Gasteiger partial charge on any atom is -0.477 e. The van der Waals surface area contributed by atoms with E-state index in [1.54, 1.807) is 29.7 Å². The van der Waals surface area contributed by atoms with Crippen molar-refractivity contribution in [2.45, 2.75) is 19.9 Å². The maximum Gasteiger partial charge on any atom is 0.346 e. The van der Waals surface area contributed by atoms with Crippen LogP contribution in [0, 0.1) is 18.3 Å². The first-order chi connectivity index (χ1) is 14.5. The summed E-state index contributed by atoms with van der Waals surface area (Å²) < 4.78 is 1.58. The molecule has 2 aromatic carbocycles. The monoisotopic (exact) mass is 415 g/mol. The summed E-state index contributed by atoms with van der Waals surface area (Å²) in [5.41, 5.74) is 2.48. The fourth-order valence-corrected chi connectivity index (χ4v) is 4.49. The smallest absolute Gasteiger partial charge is 0.346 e. The summed E-state index contributed by atoms with van der Waals surface area (Å²) in [6, 6.07) is 18.9. The molecule has 4 aromatic rings. The van der Waals surface area contributed by atoms with Crippen LogP contribution in [-0.2, 0) is 13.0 Å². The molecule has 0 saturated heterocycles. The van der Waals surface area contributed by atoms with Crippen LogP contribution < -0.4 is 5.56 Å². The van der Waals surface area contributed by atoms with E-state index in [-0.39, 0.29) is 17.0 Å². The van der Waals surface area contributed by atoms with E-state index in [0.717, 1.165) is 22.5 Å². The number of hydrogen-bond acceptors (Lipinski definition) is 5. The molecule has 0 aliphatic carbocycles. The number of aromatic nitrogens is 2. The number of hydrogen-bond donors (Lipinski definition) is 1. The maximum absolute atomic E-state index is 13.4. The van der Waals surface area contributed by atoms with Gasteiger partial charge in [0.15, 0.2) is 0 Å². The highest BCUT2D eigenvalue weighted by atomic mass is 32.1. The van der Waals surface area contributed by atoms with E-state index >= 15 is 0 Å². The number of aromatic carboxylic acids is 1. The van der Waals surface area contributed by atoms with Gasteiger partial charge >= 0.3 is 5.97 Å². The van der Waals surface area contributed by atoms with Gasteiger partial charge in [0.05, 0.1) is 23.6 Å². The van der Waals surface area contributed by atoms with Crippen LogP contribution in [0.3, 0.4) is 0 Å². The zero-order chi connectivity index (χ0) is 21.3. The molecule has 6 nitrogen and oxygen atoms in total. The average molecular weight is 415 g/mol. The van der Waals surface area contributed by atoms with Crippen molar-refractivity contribution in [2.24, 2.45) is 0 Å². The lowest BCUT2D eigenvalue weighted by Crippen LogP contribution is -2.26. The van der Waals surface area contributed by atoms with Gasteiger partial charge in [0.25, 0.3) is 5.56 Å². The van der Waals surface area contributed by atoms with Crippen LogP contribution in [0.5, 0.6) is 0 Å². The van der Waals surface area contributed by atoms with Crippen molar-refractivity contribution in [1.29, 1.82) is 5.26 Å². The van der Waals surface area contributed by atoms with Gasteiger partial charge in [0, 0.05) is 6.42 Å². The van der Waals surface area contributed by atoms with Crippen LogP contribution in [0.2, 0.25) is 0 Å². The van der Waals surface area contributed by atoms with Crippen LogP contribution in [0.4, 0.5) is 0 Å². The number of aryl methyl sites for hydroxylation is 1. The molecule has 0 amide bonds. The molecule has 0 aliphatic rings. The second-order valence-corrected chi connectivity index (χ2v) is 7.93. The number of nitrogens with zero attached hydrogens (tertiary/aromatic N) is 3. The SMILES string of the molecule is Cc1c(C(=O)O)sc2nc(Cc3ccccc3)n(Cc3cccc(C#N)c3)c(=O)c12. The second kappa shape index (κ2) is 7.93. The van der Waals surface area contributed by atoms with E-state index in [1.165, 1.54) is 0 Å². The second-order valence-electron chi connectivity index (χ2n) is 6.94. The Balaban J connectivity index is 1.92. The molecule has 0 fully saturated rings. The van der Waals surface area contributed by atoms with Crippen LogP contribution in [0.25, 0.3) is 10.2 Å². The molecule has 2 heterocycles. The quantitative estimate of drug-likeness (QED) is 0.532.